The monoisotopic (exact) mass is 574 g/mol. The zero-order valence-electron chi connectivity index (χ0n) is 26.1. The van der Waals surface area contributed by atoms with Gasteiger partial charge in [0.25, 0.3) is 0 Å². The summed E-state index contributed by atoms with van der Waals surface area (Å²) in [7, 11) is 1.60. The lowest BCUT2D eigenvalue weighted by Gasteiger charge is -2.67. The van der Waals surface area contributed by atoms with Crippen molar-refractivity contribution < 1.29 is 39.1 Å². The third kappa shape index (κ3) is 4.34. The van der Waals surface area contributed by atoms with E-state index in [1.165, 1.54) is 12.5 Å². The molecule has 1 aliphatic heterocycles. The summed E-state index contributed by atoms with van der Waals surface area (Å²) in [6, 6.07) is 0. The summed E-state index contributed by atoms with van der Waals surface area (Å²) in [5.74, 6) is -0.677. The Kier molecular flexibility index (Phi) is 7.31. The molecule has 1 saturated heterocycles. The maximum atomic E-state index is 13.1. The number of carbonyl (C=O) groups is 2. The van der Waals surface area contributed by atoms with Gasteiger partial charge in [0.2, 0.25) is 0 Å². The molecule has 3 N–H and O–H groups in total. The van der Waals surface area contributed by atoms with Crippen molar-refractivity contribution in [2.24, 2.45) is 45.3 Å². The molecule has 8 nitrogen and oxygen atoms in total. The lowest BCUT2D eigenvalue weighted by molar-refractivity contribution is -0.213. The SMILES string of the molecule is CO[C@@H]1O[C@@H]([C@H](O)C(C)(C)O)C[C@@H]1[C@H]1CC=C2[C@@]3(C)[C@H]([C@H](O)C[C@@]21C)[C@@]1(C)C=CC(=O)C(C)(C)[C@@H]1C[C@H]3OC(C)=O. The number of hydrogen-bond acceptors (Lipinski definition) is 8. The Hall–Kier alpha value is -1.58. The Bertz CT molecular complexity index is 1150. The van der Waals surface area contributed by atoms with Gasteiger partial charge in [0.1, 0.15) is 12.2 Å². The summed E-state index contributed by atoms with van der Waals surface area (Å²) in [5, 5.41) is 33.5. The second kappa shape index (κ2) is 9.71. The average molecular weight is 575 g/mol. The van der Waals surface area contributed by atoms with Gasteiger partial charge in [-0.05, 0) is 68.3 Å². The minimum atomic E-state index is -1.32. The highest BCUT2D eigenvalue weighted by Crippen LogP contribution is 2.72. The minimum absolute atomic E-state index is 0.0531. The number of rotatable bonds is 5. The zero-order chi connectivity index (χ0) is 30.5. The number of aliphatic hydroxyl groups excluding tert-OH is 2. The van der Waals surface area contributed by atoms with Crippen LogP contribution in [0.2, 0.25) is 0 Å². The Labute approximate surface area is 244 Å². The van der Waals surface area contributed by atoms with Gasteiger partial charge in [-0.15, -0.1) is 0 Å². The Morgan fingerprint density at radius 2 is 1.83 bits per heavy atom. The molecular formula is C33H50O8. The molecule has 0 unspecified atom stereocenters. The van der Waals surface area contributed by atoms with Crippen LogP contribution in [0.15, 0.2) is 23.8 Å². The molecule has 12 atom stereocenters. The van der Waals surface area contributed by atoms with Gasteiger partial charge in [-0.25, -0.2) is 0 Å². The fourth-order valence-corrected chi connectivity index (χ4v) is 10.4. The molecule has 4 aliphatic carbocycles. The van der Waals surface area contributed by atoms with Gasteiger partial charge in [0.05, 0.1) is 17.8 Å². The molecule has 1 heterocycles. The molecule has 0 aromatic heterocycles. The molecule has 8 heteroatoms. The Morgan fingerprint density at radius 3 is 2.41 bits per heavy atom. The third-order valence-corrected chi connectivity index (χ3v) is 12.2. The maximum Gasteiger partial charge on any atom is 0.302 e. The molecule has 5 aliphatic rings. The van der Waals surface area contributed by atoms with Gasteiger partial charge in [-0.2, -0.15) is 0 Å². The molecule has 0 radical (unpaired) electrons. The second-order valence-electron chi connectivity index (χ2n) is 15.4. The van der Waals surface area contributed by atoms with Crippen LogP contribution in [0.4, 0.5) is 0 Å². The molecule has 5 rings (SSSR count). The van der Waals surface area contributed by atoms with Crippen LogP contribution in [-0.2, 0) is 23.8 Å². The van der Waals surface area contributed by atoms with E-state index in [1.807, 2.05) is 19.9 Å². The van der Waals surface area contributed by atoms with E-state index in [4.69, 9.17) is 14.2 Å². The first-order valence-corrected chi connectivity index (χ1v) is 15.2. The normalized spacial score (nSPS) is 47.7. The Balaban J connectivity index is 1.56. The van der Waals surface area contributed by atoms with E-state index >= 15 is 0 Å². The predicted octanol–water partition coefficient (Wildman–Crippen LogP) is 3.96. The van der Waals surface area contributed by atoms with Crippen molar-refractivity contribution in [2.75, 3.05) is 7.11 Å². The Morgan fingerprint density at radius 1 is 1.17 bits per heavy atom. The molecule has 0 aromatic rings. The summed E-state index contributed by atoms with van der Waals surface area (Å²) in [6.07, 6.45) is 4.92. The largest absolute Gasteiger partial charge is 0.462 e. The smallest absolute Gasteiger partial charge is 0.302 e. The quantitative estimate of drug-likeness (QED) is 0.333. The number of aliphatic hydroxyl groups is 3. The minimum Gasteiger partial charge on any atom is -0.462 e. The highest BCUT2D eigenvalue weighted by atomic mass is 16.7. The molecular weight excluding hydrogens is 524 g/mol. The van der Waals surface area contributed by atoms with E-state index in [9.17, 15) is 24.9 Å². The summed E-state index contributed by atoms with van der Waals surface area (Å²) < 4.78 is 18.1. The third-order valence-electron chi connectivity index (χ3n) is 12.2. The first kappa shape index (κ1) is 30.9. The lowest BCUT2D eigenvalue weighted by Crippen LogP contribution is -2.68. The number of carbonyl (C=O) groups excluding carboxylic acids is 2. The first-order valence-electron chi connectivity index (χ1n) is 15.2. The second-order valence-corrected chi connectivity index (χ2v) is 15.4. The average Bonchev–Trinajstić information content (AvgIpc) is 3.42. The van der Waals surface area contributed by atoms with Gasteiger partial charge >= 0.3 is 5.97 Å². The number of fused-ring (bicyclic) bond motifs is 5. The summed E-state index contributed by atoms with van der Waals surface area (Å²) in [6.45, 7) is 15.1. The van der Waals surface area contributed by atoms with Crippen LogP contribution >= 0.6 is 0 Å². The summed E-state index contributed by atoms with van der Waals surface area (Å²) in [5.41, 5.74) is -2.35. The van der Waals surface area contributed by atoms with Crippen molar-refractivity contribution in [2.45, 2.75) is 117 Å². The van der Waals surface area contributed by atoms with E-state index in [2.05, 4.69) is 26.8 Å². The highest BCUT2D eigenvalue weighted by Gasteiger charge is 2.71. The molecule has 0 spiro atoms. The van der Waals surface area contributed by atoms with E-state index in [1.54, 1.807) is 27.0 Å². The van der Waals surface area contributed by atoms with E-state index in [-0.39, 0.29) is 35.4 Å². The molecule has 0 amide bonds. The number of methoxy groups -OCH3 is 1. The van der Waals surface area contributed by atoms with E-state index in [0.29, 0.717) is 19.3 Å². The van der Waals surface area contributed by atoms with Crippen LogP contribution in [0.25, 0.3) is 0 Å². The van der Waals surface area contributed by atoms with Crippen molar-refractivity contribution in [1.29, 1.82) is 0 Å². The molecule has 230 valence electrons. The number of esters is 1. The molecule has 3 fully saturated rings. The van der Waals surface area contributed by atoms with Gasteiger partial charge in [-0.3, -0.25) is 9.59 Å². The molecule has 41 heavy (non-hydrogen) atoms. The van der Waals surface area contributed by atoms with Gasteiger partial charge < -0.3 is 29.5 Å². The zero-order valence-corrected chi connectivity index (χ0v) is 26.1. The molecule has 0 aromatic carbocycles. The van der Waals surface area contributed by atoms with Crippen LogP contribution < -0.4 is 0 Å². The van der Waals surface area contributed by atoms with E-state index in [0.717, 1.165) is 6.42 Å². The topological polar surface area (TPSA) is 123 Å². The first-order chi connectivity index (χ1) is 18.8. The fourth-order valence-electron chi connectivity index (χ4n) is 10.4. The standard InChI is InChI=1S/C33H50O8/c1-17(34)40-25-15-23-29(2,3)24(36)12-13-31(23,6)26-20(35)16-32(7)19(10-11-22(32)33(25,26)8)18-14-21(41-28(18)39-9)27(37)30(4,5)38/h11-13,18-21,23,25-28,35,37-38H,10,14-16H2,1-9H3/t18-,19-,20-,21-,23+,25-,26-,27+,28-,31+,32-,33-/m1/s1. The number of ketones is 1. The van der Waals surface area contributed by atoms with Gasteiger partial charge in [0, 0.05) is 36.7 Å². The summed E-state index contributed by atoms with van der Waals surface area (Å²) >= 11 is 0. The number of allylic oxidation sites excluding steroid dienone is 3. The van der Waals surface area contributed by atoms with Crippen LogP contribution in [0.3, 0.4) is 0 Å². The lowest BCUT2D eigenvalue weighted by atomic mass is 9.37. The van der Waals surface area contributed by atoms with Crippen LogP contribution in [0.1, 0.15) is 81.1 Å². The number of hydrogen-bond donors (Lipinski definition) is 3. The van der Waals surface area contributed by atoms with Crippen molar-refractivity contribution in [3.8, 4) is 0 Å². The summed E-state index contributed by atoms with van der Waals surface area (Å²) in [4.78, 5) is 25.6. The van der Waals surface area contributed by atoms with Gasteiger partial charge in [-0.1, -0.05) is 52.3 Å². The molecule has 0 bridgehead atoms. The van der Waals surface area contributed by atoms with Crippen molar-refractivity contribution in [3.63, 3.8) is 0 Å². The van der Waals surface area contributed by atoms with Crippen molar-refractivity contribution in [1.82, 2.24) is 0 Å². The van der Waals surface area contributed by atoms with Crippen LogP contribution in [0, 0.1) is 45.3 Å². The maximum absolute atomic E-state index is 13.1. The predicted molar refractivity (Wildman–Crippen MR) is 152 cm³/mol. The molecule has 2 saturated carbocycles. The highest BCUT2D eigenvalue weighted by molar-refractivity contribution is 5.95. The van der Waals surface area contributed by atoms with Crippen molar-refractivity contribution >= 4 is 11.8 Å². The van der Waals surface area contributed by atoms with Crippen LogP contribution in [0.5, 0.6) is 0 Å². The van der Waals surface area contributed by atoms with Crippen molar-refractivity contribution in [3.05, 3.63) is 23.8 Å². The van der Waals surface area contributed by atoms with Crippen LogP contribution in [-0.4, -0.2) is 70.5 Å². The van der Waals surface area contributed by atoms with E-state index < -0.39 is 58.0 Å². The fraction of sp³-hybridized carbons (Fsp3) is 0.818. The van der Waals surface area contributed by atoms with Gasteiger partial charge in [0.15, 0.2) is 12.1 Å². The number of ether oxygens (including phenoxy) is 3.